The highest BCUT2D eigenvalue weighted by Crippen LogP contribution is 2.68. The molecule has 174 valence electrons. The molecule has 1 aromatic rings. The maximum atomic E-state index is 13.8. The van der Waals surface area contributed by atoms with Gasteiger partial charge in [-0.05, 0) is 46.2 Å². The van der Waals surface area contributed by atoms with E-state index >= 15 is 0 Å². The van der Waals surface area contributed by atoms with Crippen molar-refractivity contribution in [2.24, 2.45) is 11.8 Å². The number of anilines is 1. The van der Waals surface area contributed by atoms with Gasteiger partial charge in [-0.15, -0.1) is 11.8 Å². The zero-order valence-corrected chi connectivity index (χ0v) is 21.1. The van der Waals surface area contributed by atoms with E-state index < -0.39 is 34.2 Å². The number of halogens is 1. The first kappa shape index (κ1) is 23.6. The van der Waals surface area contributed by atoms with E-state index in [-0.39, 0.29) is 34.4 Å². The van der Waals surface area contributed by atoms with E-state index in [1.54, 1.807) is 18.7 Å². The summed E-state index contributed by atoms with van der Waals surface area (Å²) in [6, 6.07) is 7.93. The molecule has 7 nitrogen and oxygen atoms in total. The highest BCUT2D eigenvalue weighted by atomic mass is 79.9. The highest BCUT2D eigenvalue weighted by molar-refractivity contribution is 9.09. The Hall–Kier alpha value is -1.58. The van der Waals surface area contributed by atoms with Crippen molar-refractivity contribution in [2.75, 3.05) is 11.9 Å². The number of para-hydroxylation sites is 1. The fourth-order valence-corrected chi connectivity index (χ4v) is 9.01. The molecular weight excluding hydrogens is 494 g/mol. The maximum Gasteiger partial charge on any atom is 0.244 e. The summed E-state index contributed by atoms with van der Waals surface area (Å²) in [6.07, 6.45) is 0.616. The minimum absolute atomic E-state index is 0.0115. The average molecular weight is 524 g/mol. The van der Waals surface area contributed by atoms with E-state index in [1.807, 2.05) is 51.1 Å². The van der Waals surface area contributed by atoms with Crippen LogP contribution in [-0.4, -0.2) is 66.8 Å². The van der Waals surface area contributed by atoms with Crippen LogP contribution < -0.4 is 10.6 Å². The number of aliphatic hydroxyl groups is 1. The van der Waals surface area contributed by atoms with Crippen LogP contribution in [0, 0.1) is 11.8 Å². The molecule has 1 aromatic carbocycles. The lowest BCUT2D eigenvalue weighted by Crippen LogP contribution is -2.59. The molecule has 3 heterocycles. The van der Waals surface area contributed by atoms with E-state index in [0.29, 0.717) is 12.1 Å². The summed E-state index contributed by atoms with van der Waals surface area (Å²) >= 11 is 5.33. The number of hydrogen-bond donors (Lipinski definition) is 3. The van der Waals surface area contributed by atoms with E-state index in [4.69, 9.17) is 0 Å². The van der Waals surface area contributed by atoms with Gasteiger partial charge in [0.05, 0.1) is 29.2 Å². The van der Waals surface area contributed by atoms with Gasteiger partial charge in [0, 0.05) is 21.3 Å². The third-order valence-corrected chi connectivity index (χ3v) is 9.78. The van der Waals surface area contributed by atoms with Gasteiger partial charge in [0.25, 0.3) is 0 Å². The molecule has 1 spiro atoms. The van der Waals surface area contributed by atoms with Crippen LogP contribution in [0.3, 0.4) is 0 Å². The van der Waals surface area contributed by atoms with Crippen molar-refractivity contribution in [3.8, 4) is 0 Å². The summed E-state index contributed by atoms with van der Waals surface area (Å²) in [5.74, 6) is -1.83. The lowest BCUT2D eigenvalue weighted by Gasteiger charge is -2.38. The number of thioether (sulfide) groups is 1. The Balaban J connectivity index is 1.73. The number of nitrogens with one attached hydrogen (secondary N) is 2. The Kier molecular flexibility index (Phi) is 6.13. The van der Waals surface area contributed by atoms with Crippen LogP contribution in [0.5, 0.6) is 0 Å². The third kappa shape index (κ3) is 3.76. The second-order valence-electron chi connectivity index (χ2n) is 10.0. The summed E-state index contributed by atoms with van der Waals surface area (Å²) in [5.41, 5.74) is 0.209. The minimum atomic E-state index is -0.744. The number of carbonyl (C=O) groups is 3. The summed E-state index contributed by atoms with van der Waals surface area (Å²) < 4.78 is -0.715. The number of fused-ring (bicyclic) bond motifs is 1. The topological polar surface area (TPSA) is 98.7 Å². The zero-order chi connectivity index (χ0) is 23.4. The molecule has 0 saturated carbocycles. The van der Waals surface area contributed by atoms with Crippen molar-refractivity contribution < 1.29 is 19.5 Å². The van der Waals surface area contributed by atoms with Gasteiger partial charge in [0.1, 0.15) is 6.04 Å². The van der Waals surface area contributed by atoms with E-state index in [1.165, 1.54) is 4.90 Å². The molecule has 3 aliphatic heterocycles. The van der Waals surface area contributed by atoms with Crippen LogP contribution in [0.2, 0.25) is 0 Å². The highest BCUT2D eigenvalue weighted by Gasteiger charge is 2.76. The number of likely N-dealkylation sites (tertiary alicyclic amines) is 1. The van der Waals surface area contributed by atoms with Crippen molar-refractivity contribution in [3.05, 3.63) is 30.3 Å². The fraction of sp³-hybridized carbons (Fsp3) is 0.609. The Morgan fingerprint density at radius 1 is 1.28 bits per heavy atom. The quantitative estimate of drug-likeness (QED) is 0.514. The monoisotopic (exact) mass is 523 g/mol. The first-order chi connectivity index (χ1) is 15.0. The Morgan fingerprint density at radius 2 is 1.94 bits per heavy atom. The van der Waals surface area contributed by atoms with Crippen LogP contribution >= 0.6 is 27.7 Å². The Labute approximate surface area is 201 Å². The van der Waals surface area contributed by atoms with Crippen LogP contribution in [-0.2, 0) is 14.4 Å². The molecule has 9 heteroatoms. The molecule has 0 aliphatic carbocycles. The first-order valence-corrected chi connectivity index (χ1v) is 12.7. The Bertz CT molecular complexity index is 924. The largest absolute Gasteiger partial charge is 0.394 e. The number of benzene rings is 1. The van der Waals surface area contributed by atoms with E-state index in [2.05, 4.69) is 26.6 Å². The average Bonchev–Trinajstić information content (AvgIpc) is 3.30. The molecule has 32 heavy (non-hydrogen) atoms. The molecule has 7 atom stereocenters. The third-order valence-electron chi connectivity index (χ3n) is 6.56. The van der Waals surface area contributed by atoms with Gasteiger partial charge in [-0.2, -0.15) is 0 Å². The van der Waals surface area contributed by atoms with Gasteiger partial charge in [0.2, 0.25) is 17.7 Å². The molecule has 3 N–H and O–H groups in total. The van der Waals surface area contributed by atoms with E-state index in [0.717, 1.165) is 0 Å². The molecular formula is C23H30BrN3O4S. The molecule has 4 rings (SSSR count). The maximum absolute atomic E-state index is 13.8. The fourth-order valence-electron chi connectivity index (χ4n) is 5.41. The predicted molar refractivity (Wildman–Crippen MR) is 129 cm³/mol. The number of nitrogens with zero attached hydrogens (tertiary/aromatic N) is 1. The van der Waals surface area contributed by atoms with Crippen LogP contribution in [0.25, 0.3) is 0 Å². The summed E-state index contributed by atoms with van der Waals surface area (Å²) in [6.45, 7) is 7.20. The van der Waals surface area contributed by atoms with Gasteiger partial charge < -0.3 is 20.6 Å². The second-order valence-corrected chi connectivity index (χ2v) is 12.8. The summed E-state index contributed by atoms with van der Waals surface area (Å²) in [7, 11) is 0. The van der Waals surface area contributed by atoms with Gasteiger partial charge >= 0.3 is 0 Å². The molecule has 0 radical (unpaired) electrons. The van der Waals surface area contributed by atoms with Crippen molar-refractivity contribution >= 4 is 51.1 Å². The number of hydrogen-bond acceptors (Lipinski definition) is 5. The molecule has 3 aliphatic rings. The molecule has 2 bridgehead atoms. The Morgan fingerprint density at radius 3 is 2.53 bits per heavy atom. The molecule has 3 saturated heterocycles. The molecule has 0 aromatic heterocycles. The van der Waals surface area contributed by atoms with Crippen LogP contribution in [0.4, 0.5) is 5.69 Å². The summed E-state index contributed by atoms with van der Waals surface area (Å²) in [5, 5.41) is 15.8. The van der Waals surface area contributed by atoms with Gasteiger partial charge in [-0.25, -0.2) is 0 Å². The van der Waals surface area contributed by atoms with Crippen molar-refractivity contribution in [2.45, 2.75) is 66.6 Å². The predicted octanol–water partition coefficient (Wildman–Crippen LogP) is 2.39. The van der Waals surface area contributed by atoms with Crippen LogP contribution in [0.15, 0.2) is 30.3 Å². The van der Waals surface area contributed by atoms with Crippen LogP contribution in [0.1, 0.15) is 34.1 Å². The smallest absolute Gasteiger partial charge is 0.244 e. The molecule has 3 unspecified atom stereocenters. The van der Waals surface area contributed by atoms with Crippen molar-refractivity contribution in [1.82, 2.24) is 10.2 Å². The normalized spacial score (nSPS) is 34.4. The lowest BCUT2D eigenvalue weighted by molar-refractivity contribution is -0.142. The zero-order valence-electron chi connectivity index (χ0n) is 18.7. The van der Waals surface area contributed by atoms with Gasteiger partial charge in [0.15, 0.2) is 0 Å². The number of alkyl halides is 1. The standard InChI is InChI=1S/C23H30BrN3O4S/c1-12(11-28)27-18(20(30)26-22(2,3)4)23-10-14(24)17(32-23)15(16(23)21(27)31)19(29)25-13-8-6-5-7-9-13/h5-9,12,14-18,28H,10-11H2,1-4H3,(H,25,29)(H,26,30)/t12-,14?,15+,16+,17+,18?,23?/m1/s1. The van der Waals surface area contributed by atoms with E-state index in [9.17, 15) is 19.5 Å². The van der Waals surface area contributed by atoms with Crippen molar-refractivity contribution in [3.63, 3.8) is 0 Å². The second kappa shape index (κ2) is 8.33. The first-order valence-electron chi connectivity index (χ1n) is 10.9. The molecule has 3 fully saturated rings. The van der Waals surface area contributed by atoms with Gasteiger partial charge in [-0.1, -0.05) is 34.1 Å². The number of amides is 3. The minimum Gasteiger partial charge on any atom is -0.394 e. The number of aliphatic hydroxyl groups excluding tert-OH is 1. The summed E-state index contributed by atoms with van der Waals surface area (Å²) in [4.78, 5) is 42.2. The van der Waals surface area contributed by atoms with Crippen molar-refractivity contribution in [1.29, 1.82) is 0 Å². The SMILES string of the molecule is C[C@H](CO)N1C(=O)[C@@H]2[C@H](C(=O)Nc3ccccc3)[C@H]3SC2(CC3Br)C1C(=O)NC(C)(C)C. The number of carbonyl (C=O) groups excluding carboxylic acids is 3. The molecule has 3 amide bonds. The lowest BCUT2D eigenvalue weighted by atomic mass is 9.70. The van der Waals surface area contributed by atoms with Gasteiger partial charge in [-0.3, -0.25) is 14.4 Å². The number of rotatable bonds is 5.